The predicted octanol–water partition coefficient (Wildman–Crippen LogP) is 2.27. The number of rotatable bonds is 5. The minimum Gasteiger partial charge on any atom is -0.389 e. The van der Waals surface area contributed by atoms with Crippen LogP contribution in [0.1, 0.15) is 13.3 Å². The number of aliphatic imine (C=N–C) groups is 1. The Hall–Kier alpha value is -1.31. The van der Waals surface area contributed by atoms with Gasteiger partial charge in [-0.05, 0) is 18.6 Å². The molecule has 0 bridgehead atoms. The van der Waals surface area contributed by atoms with E-state index >= 15 is 0 Å². The third-order valence-electron chi connectivity index (χ3n) is 1.37. The smallest absolute Gasteiger partial charge is 0.0329 e. The van der Waals surface area contributed by atoms with E-state index in [1.165, 1.54) is 0 Å². The van der Waals surface area contributed by atoms with Gasteiger partial charge in [0.25, 0.3) is 0 Å². The monoisotopic (exact) mass is 164 g/mol. The fourth-order valence-corrected chi connectivity index (χ4v) is 0.482. The number of hydrogen-bond acceptors (Lipinski definition) is 2. The lowest BCUT2D eigenvalue weighted by molar-refractivity contribution is 1.04. The summed E-state index contributed by atoms with van der Waals surface area (Å²) in [5.41, 5.74) is 1.75. The Kier molecular flexibility index (Phi) is 5.70. The maximum Gasteiger partial charge on any atom is 0.0329 e. The second kappa shape index (κ2) is 6.40. The number of nitrogens with zero attached hydrogens (tertiary/aromatic N) is 1. The molecule has 0 spiro atoms. The van der Waals surface area contributed by atoms with Gasteiger partial charge in [-0.25, -0.2) is 0 Å². The summed E-state index contributed by atoms with van der Waals surface area (Å²) in [5, 5.41) is 2.90. The van der Waals surface area contributed by atoms with Crippen LogP contribution < -0.4 is 5.32 Å². The van der Waals surface area contributed by atoms with Gasteiger partial charge < -0.3 is 5.32 Å². The zero-order valence-corrected chi connectivity index (χ0v) is 7.80. The van der Waals surface area contributed by atoms with Gasteiger partial charge in [-0.1, -0.05) is 20.1 Å². The Morgan fingerprint density at radius 3 is 2.67 bits per heavy atom. The molecular formula is C10H16N2. The molecule has 1 N–H and O–H groups in total. The molecule has 0 heterocycles. The lowest BCUT2D eigenvalue weighted by Gasteiger charge is -1.93. The average molecular weight is 164 g/mol. The predicted molar refractivity (Wildman–Crippen MR) is 55.3 cm³/mol. The van der Waals surface area contributed by atoms with Gasteiger partial charge in [0.1, 0.15) is 0 Å². The highest BCUT2D eigenvalue weighted by molar-refractivity contribution is 5.72. The maximum atomic E-state index is 4.07. The zero-order valence-electron chi connectivity index (χ0n) is 7.80. The van der Waals surface area contributed by atoms with E-state index in [4.69, 9.17) is 0 Å². The van der Waals surface area contributed by atoms with Crippen LogP contribution in [0.15, 0.2) is 41.7 Å². The van der Waals surface area contributed by atoms with Crippen molar-refractivity contribution in [2.75, 3.05) is 7.05 Å². The van der Waals surface area contributed by atoms with E-state index in [9.17, 15) is 0 Å². The lowest BCUT2D eigenvalue weighted by atomic mass is 10.4. The molecule has 0 saturated heterocycles. The van der Waals surface area contributed by atoms with Crippen molar-refractivity contribution in [1.29, 1.82) is 0 Å². The summed E-state index contributed by atoms with van der Waals surface area (Å²) in [6.45, 7) is 9.49. The molecule has 0 radical (unpaired) electrons. The molecule has 2 nitrogen and oxygen atoms in total. The Labute approximate surface area is 74.4 Å². The van der Waals surface area contributed by atoms with Crippen molar-refractivity contribution in [1.82, 2.24) is 5.32 Å². The van der Waals surface area contributed by atoms with Crippen molar-refractivity contribution in [2.45, 2.75) is 13.3 Å². The van der Waals surface area contributed by atoms with Gasteiger partial charge in [-0.3, -0.25) is 4.99 Å². The molecule has 0 aliphatic carbocycles. The summed E-state index contributed by atoms with van der Waals surface area (Å²) < 4.78 is 0. The van der Waals surface area contributed by atoms with E-state index in [2.05, 4.69) is 23.5 Å². The van der Waals surface area contributed by atoms with Gasteiger partial charge in [-0.15, -0.1) is 0 Å². The molecule has 66 valence electrons. The maximum absolute atomic E-state index is 4.07. The molecule has 0 amide bonds. The molecule has 0 rings (SSSR count). The van der Waals surface area contributed by atoms with Crippen LogP contribution in [0, 0.1) is 0 Å². The highest BCUT2D eigenvalue weighted by Gasteiger charge is 1.79. The Balaban J connectivity index is 3.81. The summed E-state index contributed by atoms with van der Waals surface area (Å²) in [5.74, 6) is 0. The molecule has 0 aromatic carbocycles. The van der Waals surface area contributed by atoms with Crippen LogP contribution in [-0.4, -0.2) is 13.3 Å². The molecule has 0 aliphatic heterocycles. The van der Waals surface area contributed by atoms with Gasteiger partial charge in [-0.2, -0.15) is 0 Å². The molecule has 0 fully saturated rings. The molecule has 0 unspecified atom stereocenters. The van der Waals surface area contributed by atoms with Gasteiger partial charge in [0.05, 0.1) is 0 Å². The summed E-state index contributed by atoms with van der Waals surface area (Å²) >= 11 is 0. The summed E-state index contributed by atoms with van der Waals surface area (Å²) in [4.78, 5) is 4.07. The standard InChI is InChI=1S/C10H16N2/c1-5-9(2)12-8-6-7-10(3)11-4/h6-8,11H,2-3,5H2,1,4H3/b7-6-,12-8-. The Morgan fingerprint density at radius 1 is 1.50 bits per heavy atom. The van der Waals surface area contributed by atoms with Crippen molar-refractivity contribution < 1.29 is 0 Å². The second-order valence-corrected chi connectivity index (χ2v) is 2.33. The molecule has 0 aromatic rings. The highest BCUT2D eigenvalue weighted by Crippen LogP contribution is 1.95. The molecule has 2 heteroatoms. The van der Waals surface area contributed by atoms with Crippen molar-refractivity contribution >= 4 is 6.21 Å². The average Bonchev–Trinajstić information content (AvgIpc) is 2.11. The lowest BCUT2D eigenvalue weighted by Crippen LogP contribution is -2.00. The second-order valence-electron chi connectivity index (χ2n) is 2.33. The third kappa shape index (κ3) is 5.47. The first kappa shape index (κ1) is 10.7. The van der Waals surface area contributed by atoms with E-state index in [1.54, 1.807) is 6.21 Å². The van der Waals surface area contributed by atoms with Crippen LogP contribution in [0.2, 0.25) is 0 Å². The van der Waals surface area contributed by atoms with Crippen molar-refractivity contribution in [3.8, 4) is 0 Å². The minimum atomic E-state index is 0.864. The number of hydrogen-bond donors (Lipinski definition) is 1. The van der Waals surface area contributed by atoms with Gasteiger partial charge in [0.2, 0.25) is 0 Å². The molecule has 0 atom stereocenters. The Bertz CT molecular complexity index is 188. The van der Waals surface area contributed by atoms with E-state index in [0.717, 1.165) is 17.8 Å². The molecular weight excluding hydrogens is 148 g/mol. The van der Waals surface area contributed by atoms with Crippen molar-refractivity contribution in [3.05, 3.63) is 36.7 Å². The SMILES string of the molecule is C=C(CC)/N=C\C=C/C(=C)NC. The summed E-state index contributed by atoms with van der Waals surface area (Å²) in [6, 6.07) is 0. The van der Waals surface area contributed by atoms with E-state index in [0.29, 0.717) is 0 Å². The summed E-state index contributed by atoms with van der Waals surface area (Å²) in [7, 11) is 1.83. The number of likely N-dealkylation sites (N-methyl/N-ethyl adjacent to an activating group) is 1. The van der Waals surface area contributed by atoms with Gasteiger partial charge in [0, 0.05) is 24.7 Å². The van der Waals surface area contributed by atoms with Crippen LogP contribution in [-0.2, 0) is 0 Å². The van der Waals surface area contributed by atoms with E-state index in [1.807, 2.05) is 26.1 Å². The van der Waals surface area contributed by atoms with Crippen LogP contribution in [0.3, 0.4) is 0 Å². The van der Waals surface area contributed by atoms with Crippen LogP contribution >= 0.6 is 0 Å². The first-order chi connectivity index (χ1) is 5.70. The topological polar surface area (TPSA) is 24.4 Å². The van der Waals surface area contributed by atoms with E-state index in [-0.39, 0.29) is 0 Å². The first-order valence-corrected chi connectivity index (χ1v) is 3.95. The largest absolute Gasteiger partial charge is 0.389 e. The number of nitrogens with one attached hydrogen (secondary N) is 1. The quantitative estimate of drug-likeness (QED) is 0.489. The first-order valence-electron chi connectivity index (χ1n) is 3.95. The fraction of sp³-hybridized carbons (Fsp3) is 0.300. The molecule has 12 heavy (non-hydrogen) atoms. The normalized spacial score (nSPS) is 10.8. The van der Waals surface area contributed by atoms with Crippen LogP contribution in [0.4, 0.5) is 0 Å². The fourth-order valence-electron chi connectivity index (χ4n) is 0.482. The Morgan fingerprint density at radius 2 is 2.17 bits per heavy atom. The van der Waals surface area contributed by atoms with Crippen molar-refractivity contribution in [2.24, 2.45) is 4.99 Å². The van der Waals surface area contributed by atoms with Crippen LogP contribution in [0.25, 0.3) is 0 Å². The van der Waals surface area contributed by atoms with Gasteiger partial charge in [0.15, 0.2) is 0 Å². The van der Waals surface area contributed by atoms with E-state index < -0.39 is 0 Å². The zero-order chi connectivity index (χ0) is 9.40. The molecule has 0 aliphatic rings. The molecule has 0 aromatic heterocycles. The van der Waals surface area contributed by atoms with Crippen LogP contribution in [0.5, 0.6) is 0 Å². The summed E-state index contributed by atoms with van der Waals surface area (Å²) in [6.07, 6.45) is 6.29. The van der Waals surface area contributed by atoms with Crippen molar-refractivity contribution in [3.63, 3.8) is 0 Å². The third-order valence-corrected chi connectivity index (χ3v) is 1.37. The van der Waals surface area contributed by atoms with Gasteiger partial charge >= 0.3 is 0 Å². The number of allylic oxidation sites excluding steroid dienone is 3. The highest BCUT2D eigenvalue weighted by atomic mass is 14.8. The minimum absolute atomic E-state index is 0.864. The molecule has 0 saturated carbocycles.